The first-order valence-electron chi connectivity index (χ1n) is 9.86. The molecule has 0 bridgehead atoms. The Kier molecular flexibility index (Phi) is 5.97. The van der Waals surface area contributed by atoms with Crippen LogP contribution in [-0.4, -0.2) is 23.0 Å². The van der Waals surface area contributed by atoms with Crippen LogP contribution in [0.1, 0.15) is 58.3 Å². The second kappa shape index (κ2) is 8.81. The van der Waals surface area contributed by atoms with Gasteiger partial charge in [0.05, 0.1) is 19.2 Å². The summed E-state index contributed by atoms with van der Waals surface area (Å²) in [5, 5.41) is 3.52. The third kappa shape index (κ3) is 4.30. The van der Waals surface area contributed by atoms with Crippen LogP contribution in [0.3, 0.4) is 0 Å². The highest BCUT2D eigenvalue weighted by molar-refractivity contribution is 6.35. The summed E-state index contributed by atoms with van der Waals surface area (Å²) in [6.45, 7) is 0. The second-order valence-electron chi connectivity index (χ2n) is 7.33. The van der Waals surface area contributed by atoms with Crippen molar-refractivity contribution in [1.29, 1.82) is 0 Å². The van der Waals surface area contributed by atoms with Gasteiger partial charge in [0.2, 0.25) is 0 Å². The van der Waals surface area contributed by atoms with Gasteiger partial charge in [0, 0.05) is 5.92 Å². The third-order valence-corrected chi connectivity index (χ3v) is 5.54. The molecule has 0 saturated heterocycles. The lowest BCUT2D eigenvalue weighted by atomic mass is 9.94. The quantitative estimate of drug-likeness (QED) is 0.539. The van der Waals surface area contributed by atoms with Crippen LogP contribution in [0.5, 0.6) is 0 Å². The van der Waals surface area contributed by atoms with Gasteiger partial charge in [-0.15, -0.1) is 0 Å². The minimum absolute atomic E-state index is 0.0682. The average molecular weight is 423 g/mol. The van der Waals surface area contributed by atoms with E-state index in [0.29, 0.717) is 11.6 Å². The van der Waals surface area contributed by atoms with Crippen LogP contribution in [-0.2, 0) is 4.74 Å². The maximum Gasteiger partial charge on any atom is 0.358 e. The number of ether oxygens (including phenoxy) is 1. The Balaban J connectivity index is 1.76. The van der Waals surface area contributed by atoms with Gasteiger partial charge < -0.3 is 15.8 Å². The molecule has 1 aliphatic carbocycles. The fraction of sp³-hybridized carbons (Fsp3) is 0.261. The maximum absolute atomic E-state index is 12.2. The van der Waals surface area contributed by atoms with E-state index in [0.717, 1.165) is 24.0 Å². The minimum Gasteiger partial charge on any atom is -0.464 e. The number of nitrogens with zero attached hydrogens (tertiary/aromatic N) is 2. The summed E-state index contributed by atoms with van der Waals surface area (Å²) in [5.74, 6) is 0.636. The van der Waals surface area contributed by atoms with E-state index in [9.17, 15) is 4.79 Å². The third-order valence-electron chi connectivity index (χ3n) is 5.18. The Morgan fingerprint density at radius 3 is 2.23 bits per heavy atom. The first-order valence-corrected chi connectivity index (χ1v) is 10.2. The lowest BCUT2D eigenvalue weighted by Gasteiger charge is -2.27. The van der Waals surface area contributed by atoms with Crippen LogP contribution in [0.25, 0.3) is 0 Å². The van der Waals surface area contributed by atoms with Crippen molar-refractivity contribution in [2.75, 3.05) is 12.4 Å². The van der Waals surface area contributed by atoms with Crippen LogP contribution >= 0.6 is 11.6 Å². The highest BCUT2D eigenvalue weighted by Gasteiger charge is 2.31. The van der Waals surface area contributed by atoms with Crippen molar-refractivity contribution in [3.63, 3.8) is 0 Å². The van der Waals surface area contributed by atoms with Crippen molar-refractivity contribution in [3.8, 4) is 0 Å². The molecule has 154 valence electrons. The van der Waals surface area contributed by atoms with E-state index in [2.05, 4.69) is 15.3 Å². The Hall–Kier alpha value is -2.96. The van der Waals surface area contributed by atoms with Crippen molar-refractivity contribution < 1.29 is 9.53 Å². The Morgan fingerprint density at radius 1 is 1.07 bits per heavy atom. The van der Waals surface area contributed by atoms with E-state index in [1.165, 1.54) is 7.11 Å². The van der Waals surface area contributed by atoms with Gasteiger partial charge in [-0.1, -0.05) is 72.3 Å². The monoisotopic (exact) mass is 422 g/mol. The number of hydrogen-bond donors (Lipinski definition) is 2. The number of hydrogen-bond acceptors (Lipinski definition) is 6. The molecule has 7 heteroatoms. The number of methoxy groups -OCH3 is 1. The Bertz CT molecular complexity index is 1030. The lowest BCUT2D eigenvalue weighted by Crippen LogP contribution is -2.27. The standard InChI is InChI=1S/C23H23ClN4O2/c1-30-23(29)20-17(24)22(28-21(27-20)16-12-13-16)26-19(15-10-6-3-7-11-15)18(25)14-8-4-2-5-9-14/h2-11,16,18-19H,12-13,25H2,1H3,(H,26,27,28). The highest BCUT2D eigenvalue weighted by Crippen LogP contribution is 2.41. The molecule has 30 heavy (non-hydrogen) atoms. The molecule has 1 saturated carbocycles. The van der Waals surface area contributed by atoms with Crippen molar-refractivity contribution in [1.82, 2.24) is 9.97 Å². The molecule has 3 aromatic rings. The molecule has 0 radical (unpaired) electrons. The molecular weight excluding hydrogens is 400 g/mol. The van der Waals surface area contributed by atoms with Crippen LogP contribution in [0.2, 0.25) is 5.02 Å². The smallest absolute Gasteiger partial charge is 0.358 e. The predicted molar refractivity (Wildman–Crippen MR) is 117 cm³/mol. The number of benzene rings is 2. The largest absolute Gasteiger partial charge is 0.464 e. The summed E-state index contributed by atoms with van der Waals surface area (Å²) >= 11 is 6.53. The van der Waals surface area contributed by atoms with E-state index in [-0.39, 0.29) is 28.7 Å². The summed E-state index contributed by atoms with van der Waals surface area (Å²) < 4.78 is 4.87. The van der Waals surface area contributed by atoms with Crippen LogP contribution in [0, 0.1) is 0 Å². The number of anilines is 1. The molecule has 2 atom stereocenters. The fourth-order valence-corrected chi connectivity index (χ4v) is 3.59. The van der Waals surface area contributed by atoms with Gasteiger partial charge in [-0.05, 0) is 24.0 Å². The van der Waals surface area contributed by atoms with Gasteiger partial charge in [0.15, 0.2) is 5.69 Å². The SMILES string of the molecule is COC(=O)c1nc(C2CC2)nc(NC(c2ccccc2)C(N)c2ccccc2)c1Cl. The van der Waals surface area contributed by atoms with Gasteiger partial charge in [-0.3, -0.25) is 0 Å². The predicted octanol–water partition coefficient (Wildman–Crippen LogP) is 4.65. The van der Waals surface area contributed by atoms with E-state index < -0.39 is 5.97 Å². The molecule has 1 fully saturated rings. The normalized spacial score (nSPS) is 15.3. The van der Waals surface area contributed by atoms with Crippen molar-refractivity contribution >= 4 is 23.4 Å². The minimum atomic E-state index is -0.587. The molecule has 2 unspecified atom stereocenters. The first kappa shape index (κ1) is 20.3. The Labute approximate surface area is 180 Å². The van der Waals surface area contributed by atoms with Crippen LogP contribution in [0.4, 0.5) is 5.82 Å². The topological polar surface area (TPSA) is 90.1 Å². The number of aromatic nitrogens is 2. The Morgan fingerprint density at radius 2 is 1.67 bits per heavy atom. The number of nitrogens with two attached hydrogens (primary N) is 1. The van der Waals surface area contributed by atoms with Gasteiger partial charge in [-0.25, -0.2) is 14.8 Å². The molecule has 6 nitrogen and oxygen atoms in total. The van der Waals surface area contributed by atoms with E-state index in [4.69, 9.17) is 22.1 Å². The van der Waals surface area contributed by atoms with Gasteiger partial charge in [0.1, 0.15) is 16.7 Å². The van der Waals surface area contributed by atoms with Crippen molar-refractivity contribution in [2.24, 2.45) is 5.73 Å². The van der Waals surface area contributed by atoms with E-state index in [1.54, 1.807) is 0 Å². The average Bonchev–Trinajstić information content (AvgIpc) is 3.64. The van der Waals surface area contributed by atoms with Crippen molar-refractivity contribution in [2.45, 2.75) is 30.8 Å². The maximum atomic E-state index is 12.2. The number of carbonyl (C=O) groups excluding carboxylic acids is 1. The zero-order valence-corrected chi connectivity index (χ0v) is 17.3. The van der Waals surface area contributed by atoms with E-state index in [1.807, 2.05) is 60.7 Å². The molecule has 3 N–H and O–H groups in total. The van der Waals surface area contributed by atoms with Gasteiger partial charge in [0.25, 0.3) is 0 Å². The summed E-state index contributed by atoms with van der Waals surface area (Å²) in [4.78, 5) is 21.2. The zero-order valence-electron chi connectivity index (χ0n) is 16.6. The number of rotatable bonds is 7. The van der Waals surface area contributed by atoms with Crippen LogP contribution < -0.4 is 11.1 Å². The number of esters is 1. The van der Waals surface area contributed by atoms with Gasteiger partial charge >= 0.3 is 5.97 Å². The molecule has 1 heterocycles. The zero-order chi connectivity index (χ0) is 21.1. The molecular formula is C23H23ClN4O2. The molecule has 2 aromatic carbocycles. The molecule has 1 aliphatic rings. The lowest BCUT2D eigenvalue weighted by molar-refractivity contribution is 0.0593. The van der Waals surface area contributed by atoms with Gasteiger partial charge in [-0.2, -0.15) is 0 Å². The number of halogens is 1. The molecule has 1 aromatic heterocycles. The fourth-order valence-electron chi connectivity index (χ4n) is 3.37. The highest BCUT2D eigenvalue weighted by atomic mass is 35.5. The van der Waals surface area contributed by atoms with E-state index >= 15 is 0 Å². The summed E-state index contributed by atoms with van der Waals surface area (Å²) in [5.41, 5.74) is 8.69. The van der Waals surface area contributed by atoms with Crippen LogP contribution in [0.15, 0.2) is 60.7 Å². The molecule has 4 rings (SSSR count). The second-order valence-corrected chi connectivity index (χ2v) is 7.71. The van der Waals surface area contributed by atoms with Crippen molar-refractivity contribution in [3.05, 3.63) is 88.3 Å². The molecule has 0 amide bonds. The summed E-state index contributed by atoms with van der Waals surface area (Å²) in [6, 6.07) is 19.0. The summed E-state index contributed by atoms with van der Waals surface area (Å²) in [6.07, 6.45) is 1.99. The molecule has 0 aliphatic heterocycles. The number of nitrogens with one attached hydrogen (secondary N) is 1. The summed E-state index contributed by atoms with van der Waals surface area (Å²) in [7, 11) is 1.31. The first-order chi connectivity index (χ1) is 14.6. The molecule has 0 spiro atoms. The number of carbonyl (C=O) groups is 1.